The summed E-state index contributed by atoms with van der Waals surface area (Å²) in [5.41, 5.74) is 1.15. The Bertz CT molecular complexity index is 112. The van der Waals surface area contributed by atoms with E-state index in [0.29, 0.717) is 0 Å². The third kappa shape index (κ3) is 10.4. The van der Waals surface area contributed by atoms with Gasteiger partial charge in [-0.25, -0.2) is 0 Å². The van der Waals surface area contributed by atoms with E-state index in [-0.39, 0.29) is 5.78 Å². The Morgan fingerprint density at radius 1 is 1.30 bits per heavy atom. The minimum absolute atomic E-state index is 0.143. The first-order valence-corrected chi connectivity index (χ1v) is 3.84. The molecule has 0 saturated heterocycles. The molecule has 1 nitrogen and oxygen atoms in total. The molecule has 0 aromatic heterocycles. The molecule has 0 spiro atoms. The summed E-state index contributed by atoms with van der Waals surface area (Å²) in [6.45, 7) is 9.56. The van der Waals surface area contributed by atoms with Crippen LogP contribution in [0.15, 0.2) is 11.6 Å². The number of allylic oxidation sites excluding steroid dienone is 2. The molecule has 0 rings (SSSR count). The Morgan fingerprint density at radius 2 is 1.70 bits per heavy atom. The van der Waals surface area contributed by atoms with Gasteiger partial charge in [0.15, 0.2) is 5.78 Å². The molecule has 0 atom stereocenters. The maximum absolute atomic E-state index is 10.3. The Morgan fingerprint density at radius 3 is 1.80 bits per heavy atom. The lowest BCUT2D eigenvalue weighted by molar-refractivity contribution is -0.112. The van der Waals surface area contributed by atoms with Gasteiger partial charge >= 0.3 is 0 Å². The largest absolute Gasteiger partial charge is 0.295 e. The van der Waals surface area contributed by atoms with Gasteiger partial charge in [0.1, 0.15) is 0 Å². The van der Waals surface area contributed by atoms with Crippen LogP contribution in [0, 0.1) is 0 Å². The average Bonchev–Trinajstić information content (AvgIpc) is 1.91. The molecule has 0 aromatic carbocycles. The summed E-state index contributed by atoms with van der Waals surface area (Å²) in [6.07, 6.45) is 2.64. The maximum atomic E-state index is 10.3. The molecule has 0 radical (unpaired) electrons. The van der Waals surface area contributed by atoms with Crippen molar-refractivity contribution in [2.45, 2.75) is 41.0 Å². The van der Waals surface area contributed by atoms with E-state index in [1.54, 1.807) is 13.0 Å². The first-order valence-electron chi connectivity index (χ1n) is 3.84. The highest BCUT2D eigenvalue weighted by Gasteiger charge is 1.85. The van der Waals surface area contributed by atoms with Crippen molar-refractivity contribution >= 4 is 5.78 Å². The zero-order valence-corrected chi connectivity index (χ0v) is 7.69. The van der Waals surface area contributed by atoms with E-state index in [4.69, 9.17) is 0 Å². The molecule has 0 unspecified atom stereocenters. The van der Waals surface area contributed by atoms with E-state index in [1.807, 2.05) is 27.7 Å². The van der Waals surface area contributed by atoms with Crippen molar-refractivity contribution in [1.29, 1.82) is 0 Å². The van der Waals surface area contributed by atoms with Crippen LogP contribution < -0.4 is 0 Å². The van der Waals surface area contributed by atoms with Crippen molar-refractivity contribution in [3.05, 3.63) is 11.6 Å². The van der Waals surface area contributed by atoms with E-state index in [0.717, 1.165) is 12.0 Å². The van der Waals surface area contributed by atoms with Gasteiger partial charge in [0.05, 0.1) is 0 Å². The van der Waals surface area contributed by atoms with E-state index in [2.05, 4.69) is 0 Å². The molecule has 10 heavy (non-hydrogen) atoms. The molecule has 0 amide bonds. The van der Waals surface area contributed by atoms with E-state index < -0.39 is 0 Å². The predicted molar refractivity (Wildman–Crippen MR) is 46.1 cm³/mol. The van der Waals surface area contributed by atoms with Crippen LogP contribution in [0.5, 0.6) is 0 Å². The van der Waals surface area contributed by atoms with E-state index in [1.165, 1.54) is 0 Å². The second-order valence-corrected chi connectivity index (χ2v) is 1.95. The molecule has 0 saturated carbocycles. The van der Waals surface area contributed by atoms with E-state index >= 15 is 0 Å². The molecule has 0 aliphatic rings. The van der Waals surface area contributed by atoms with Crippen molar-refractivity contribution in [3.63, 3.8) is 0 Å². The minimum Gasteiger partial charge on any atom is -0.295 e. The molecular weight excluding hydrogens is 124 g/mol. The zero-order chi connectivity index (χ0) is 8.57. The smallest absolute Gasteiger partial charge is 0.152 e. The quantitative estimate of drug-likeness (QED) is 0.542. The molecule has 60 valence electrons. The van der Waals surface area contributed by atoms with Gasteiger partial charge in [-0.3, -0.25) is 4.79 Å². The number of carbonyl (C=O) groups is 1. The molecule has 1 heteroatoms. The second kappa shape index (κ2) is 8.41. The standard InChI is InChI=1S/C7H12O.C2H6/c1-4-6(2)5-7(3)8;1-2/h5H,4H2,1-3H3;1-2H3/b6-5-;. The fourth-order valence-electron chi connectivity index (χ4n) is 0.449. The summed E-state index contributed by atoms with van der Waals surface area (Å²) >= 11 is 0. The lowest BCUT2D eigenvalue weighted by atomic mass is 10.2. The third-order valence-corrected chi connectivity index (χ3v) is 1.01. The van der Waals surface area contributed by atoms with Gasteiger partial charge < -0.3 is 0 Å². The highest BCUT2D eigenvalue weighted by atomic mass is 16.1. The number of rotatable bonds is 2. The van der Waals surface area contributed by atoms with Crippen LogP contribution in [0.4, 0.5) is 0 Å². The van der Waals surface area contributed by atoms with Crippen LogP contribution >= 0.6 is 0 Å². The van der Waals surface area contributed by atoms with Crippen molar-refractivity contribution in [2.24, 2.45) is 0 Å². The molecule has 0 aliphatic heterocycles. The minimum atomic E-state index is 0.143. The average molecular weight is 142 g/mol. The zero-order valence-electron chi connectivity index (χ0n) is 7.69. The molecule has 0 fully saturated rings. The summed E-state index contributed by atoms with van der Waals surface area (Å²) in [6, 6.07) is 0. The first-order chi connectivity index (χ1) is 4.66. The molecule has 0 heterocycles. The highest BCUT2D eigenvalue weighted by Crippen LogP contribution is 1.96. The van der Waals surface area contributed by atoms with Crippen molar-refractivity contribution in [3.8, 4) is 0 Å². The fourth-order valence-corrected chi connectivity index (χ4v) is 0.449. The van der Waals surface area contributed by atoms with Crippen LogP contribution in [0.25, 0.3) is 0 Å². The topological polar surface area (TPSA) is 17.1 Å². The lowest BCUT2D eigenvalue weighted by Gasteiger charge is -1.88. The summed E-state index contributed by atoms with van der Waals surface area (Å²) in [5.74, 6) is 0.143. The van der Waals surface area contributed by atoms with Gasteiger partial charge in [0.2, 0.25) is 0 Å². The number of carbonyl (C=O) groups excluding carboxylic acids is 1. The van der Waals surface area contributed by atoms with E-state index in [9.17, 15) is 4.79 Å². The van der Waals surface area contributed by atoms with Crippen molar-refractivity contribution in [1.82, 2.24) is 0 Å². The number of hydrogen-bond donors (Lipinski definition) is 0. The Hall–Kier alpha value is -0.590. The van der Waals surface area contributed by atoms with Crippen LogP contribution in [0.2, 0.25) is 0 Å². The lowest BCUT2D eigenvalue weighted by Crippen LogP contribution is -1.83. The van der Waals surface area contributed by atoms with Gasteiger partial charge in [-0.05, 0) is 26.3 Å². The summed E-state index contributed by atoms with van der Waals surface area (Å²) < 4.78 is 0. The van der Waals surface area contributed by atoms with Crippen molar-refractivity contribution < 1.29 is 4.79 Å². The SMILES string of the molecule is CC.CC/C(C)=C\C(C)=O. The fraction of sp³-hybridized carbons (Fsp3) is 0.667. The molecule has 0 bridgehead atoms. The van der Waals surface area contributed by atoms with Crippen molar-refractivity contribution in [2.75, 3.05) is 0 Å². The van der Waals surface area contributed by atoms with Crippen LogP contribution in [-0.2, 0) is 4.79 Å². The Kier molecular flexibility index (Phi) is 10.2. The molecule has 0 N–H and O–H groups in total. The predicted octanol–water partition coefficient (Wildman–Crippen LogP) is 2.96. The number of hydrogen-bond acceptors (Lipinski definition) is 1. The second-order valence-electron chi connectivity index (χ2n) is 1.95. The summed E-state index contributed by atoms with van der Waals surface area (Å²) in [7, 11) is 0. The highest BCUT2D eigenvalue weighted by molar-refractivity contribution is 5.87. The van der Waals surface area contributed by atoms with Crippen LogP contribution in [-0.4, -0.2) is 5.78 Å². The molecule has 0 aromatic rings. The molecule has 0 aliphatic carbocycles. The van der Waals surface area contributed by atoms with Gasteiger partial charge in [-0.15, -0.1) is 0 Å². The first kappa shape index (κ1) is 12.1. The van der Waals surface area contributed by atoms with Gasteiger partial charge in [-0.1, -0.05) is 26.3 Å². The molecular formula is C9H18O. The normalized spacial score (nSPS) is 9.90. The van der Waals surface area contributed by atoms with Crippen LogP contribution in [0.1, 0.15) is 41.0 Å². The van der Waals surface area contributed by atoms with Gasteiger partial charge in [0.25, 0.3) is 0 Å². The monoisotopic (exact) mass is 142 g/mol. The Labute approximate surface area is 64.1 Å². The maximum Gasteiger partial charge on any atom is 0.152 e. The third-order valence-electron chi connectivity index (χ3n) is 1.01. The summed E-state index contributed by atoms with van der Waals surface area (Å²) in [5, 5.41) is 0. The van der Waals surface area contributed by atoms with Gasteiger partial charge in [0, 0.05) is 0 Å². The van der Waals surface area contributed by atoms with Crippen LogP contribution in [0.3, 0.4) is 0 Å². The summed E-state index contributed by atoms with van der Waals surface area (Å²) in [4.78, 5) is 10.3. The Balaban J connectivity index is 0. The number of ketones is 1. The van der Waals surface area contributed by atoms with Gasteiger partial charge in [-0.2, -0.15) is 0 Å².